The van der Waals surface area contributed by atoms with Gasteiger partial charge in [0.1, 0.15) is 18.3 Å². The highest BCUT2D eigenvalue weighted by molar-refractivity contribution is 8.00. The van der Waals surface area contributed by atoms with Crippen molar-refractivity contribution in [2.45, 2.75) is 54.4 Å². The lowest BCUT2D eigenvalue weighted by Gasteiger charge is -2.26. The van der Waals surface area contributed by atoms with Crippen molar-refractivity contribution < 1.29 is 18.9 Å². The summed E-state index contributed by atoms with van der Waals surface area (Å²) in [6.45, 7) is 4.49. The summed E-state index contributed by atoms with van der Waals surface area (Å²) in [7, 11) is -1.87. The van der Waals surface area contributed by atoms with E-state index in [2.05, 4.69) is 40.9 Å². The molecule has 0 aliphatic carbocycles. The van der Waals surface area contributed by atoms with E-state index in [4.69, 9.17) is 31.3 Å². The van der Waals surface area contributed by atoms with Gasteiger partial charge >= 0.3 is 0 Å². The molecule has 2 aromatic heterocycles. The zero-order valence-electron chi connectivity index (χ0n) is 17.2. The van der Waals surface area contributed by atoms with Crippen LogP contribution in [0.3, 0.4) is 0 Å². The second kappa shape index (κ2) is 8.53. The summed E-state index contributed by atoms with van der Waals surface area (Å²) in [6.07, 6.45) is -3.06. The van der Waals surface area contributed by atoms with Gasteiger partial charge in [-0.25, -0.2) is 4.98 Å². The Bertz CT molecular complexity index is 1250. The quantitative estimate of drug-likeness (QED) is 0.462. The number of hydrogen-bond donors (Lipinski definition) is 3. The predicted molar refractivity (Wildman–Crippen MR) is 124 cm³/mol. The number of ether oxygens (including phenoxy) is 1. The predicted octanol–water partition coefficient (Wildman–Crippen LogP) is 2.16. The maximum Gasteiger partial charge on any atom is 0.280 e. The number of aliphatic hydroxyl groups excluding tert-OH is 1. The van der Waals surface area contributed by atoms with Crippen molar-refractivity contribution in [3.05, 3.63) is 40.2 Å². The van der Waals surface area contributed by atoms with Gasteiger partial charge in [0, 0.05) is 4.90 Å². The molecule has 4 heterocycles. The standard InChI is InChI=1S/C19H22N5O5PS2/c1-8(2)9-3-5-10(6-4-9)32-19-21-12-15(22-18(20)23-16(12)26)24(19)17-13(25)14-11(28-17)7-27-30(31)29-14/h3-6,8,11,13-14,17,25,30H,7H2,1-2H3,(H3,20,22,23,26)/t11?,13?,14-,17-/m1/s1. The first-order valence-electron chi connectivity index (χ1n) is 10.0. The molecule has 0 radical (unpaired) electrons. The third-order valence-corrected chi connectivity index (χ3v) is 7.94. The number of aliphatic hydroxyl groups is 1. The number of imidazole rings is 1. The first-order valence-corrected chi connectivity index (χ1v) is 13.3. The van der Waals surface area contributed by atoms with Gasteiger partial charge in [0.15, 0.2) is 29.7 Å². The van der Waals surface area contributed by atoms with Gasteiger partial charge in [-0.2, -0.15) is 4.98 Å². The number of nitrogens with zero attached hydrogens (tertiary/aromatic N) is 3. The summed E-state index contributed by atoms with van der Waals surface area (Å²) in [4.78, 5) is 24.7. The van der Waals surface area contributed by atoms with Gasteiger partial charge in [0.05, 0.1) is 6.61 Å². The number of fused-ring (bicyclic) bond motifs is 2. The van der Waals surface area contributed by atoms with Crippen LogP contribution < -0.4 is 11.3 Å². The minimum atomic E-state index is -1.87. The van der Waals surface area contributed by atoms with Crippen LogP contribution in [-0.4, -0.2) is 49.5 Å². The lowest BCUT2D eigenvalue weighted by Crippen LogP contribution is -2.37. The molecule has 32 heavy (non-hydrogen) atoms. The maximum absolute atomic E-state index is 12.5. The van der Waals surface area contributed by atoms with Crippen LogP contribution in [0.15, 0.2) is 39.1 Å². The highest BCUT2D eigenvalue weighted by Crippen LogP contribution is 2.44. The molecule has 1 aromatic carbocycles. The molecule has 5 atom stereocenters. The van der Waals surface area contributed by atoms with Crippen molar-refractivity contribution in [2.75, 3.05) is 12.3 Å². The SMILES string of the molecule is CC(C)c1ccc(Sc2nc3c(=O)[nH]c(N)nc3n2[C@@H]2OC3CO[PH](=S)O[C@H]3C2O)cc1. The molecule has 0 amide bonds. The molecule has 5 rings (SSSR count). The number of nitrogens with two attached hydrogens (primary N) is 1. The zero-order chi connectivity index (χ0) is 22.6. The average Bonchev–Trinajstić information content (AvgIpc) is 3.26. The molecule has 0 saturated carbocycles. The number of H-pyrrole nitrogens is 1. The molecule has 10 nitrogen and oxygen atoms in total. The molecule has 170 valence electrons. The third-order valence-electron chi connectivity index (χ3n) is 5.45. The Kier molecular flexibility index (Phi) is 5.87. The Balaban J connectivity index is 1.59. The van der Waals surface area contributed by atoms with E-state index in [1.165, 1.54) is 17.3 Å². The van der Waals surface area contributed by atoms with Gasteiger partial charge in [-0.15, -0.1) is 0 Å². The van der Waals surface area contributed by atoms with Crippen molar-refractivity contribution >= 4 is 47.8 Å². The summed E-state index contributed by atoms with van der Waals surface area (Å²) in [5.41, 5.74) is 6.87. The molecule has 3 unspecified atom stereocenters. The number of nitrogen functional groups attached to an aromatic ring is 1. The van der Waals surface area contributed by atoms with Crippen LogP contribution in [0.1, 0.15) is 31.6 Å². The van der Waals surface area contributed by atoms with Crippen LogP contribution in [0.25, 0.3) is 11.2 Å². The Morgan fingerprint density at radius 2 is 2.09 bits per heavy atom. The molecule has 0 bridgehead atoms. The van der Waals surface area contributed by atoms with E-state index in [0.717, 1.165) is 4.90 Å². The number of rotatable bonds is 4. The fraction of sp³-hybridized carbons (Fsp3) is 0.421. The van der Waals surface area contributed by atoms with Crippen LogP contribution in [0.2, 0.25) is 0 Å². The maximum atomic E-state index is 12.5. The van der Waals surface area contributed by atoms with E-state index in [-0.39, 0.29) is 23.7 Å². The first-order chi connectivity index (χ1) is 15.3. The van der Waals surface area contributed by atoms with Gasteiger partial charge < -0.3 is 24.6 Å². The highest BCUT2D eigenvalue weighted by atomic mass is 32.4. The summed E-state index contributed by atoms with van der Waals surface area (Å²) >= 11 is 6.49. The van der Waals surface area contributed by atoms with E-state index in [9.17, 15) is 9.90 Å². The Morgan fingerprint density at radius 1 is 1.34 bits per heavy atom. The second-order valence-corrected chi connectivity index (χ2v) is 11.0. The molecular weight excluding hydrogens is 473 g/mol. The summed E-state index contributed by atoms with van der Waals surface area (Å²) in [5, 5.41) is 11.5. The van der Waals surface area contributed by atoms with Crippen LogP contribution in [0.5, 0.6) is 0 Å². The normalized spacial score (nSPS) is 27.8. The van der Waals surface area contributed by atoms with E-state index in [1.807, 2.05) is 12.1 Å². The van der Waals surface area contributed by atoms with E-state index in [0.29, 0.717) is 11.1 Å². The van der Waals surface area contributed by atoms with Gasteiger partial charge in [0.25, 0.3) is 5.56 Å². The average molecular weight is 496 g/mol. The smallest absolute Gasteiger partial charge is 0.280 e. The van der Waals surface area contributed by atoms with Crippen LogP contribution in [0.4, 0.5) is 5.95 Å². The summed E-state index contributed by atoms with van der Waals surface area (Å²) < 4.78 is 18.8. The van der Waals surface area contributed by atoms with Crippen LogP contribution in [0, 0.1) is 0 Å². The fourth-order valence-corrected chi connectivity index (χ4v) is 6.14. The molecular formula is C19H22N5O5PS2. The van der Waals surface area contributed by atoms with Gasteiger partial charge in [0.2, 0.25) is 5.95 Å². The summed E-state index contributed by atoms with van der Waals surface area (Å²) in [5.74, 6) is 0.356. The van der Waals surface area contributed by atoms with Crippen LogP contribution >= 0.6 is 18.9 Å². The van der Waals surface area contributed by atoms with Gasteiger partial charge in [-0.05, 0) is 35.4 Å². The van der Waals surface area contributed by atoms with E-state index in [1.54, 1.807) is 4.57 Å². The third kappa shape index (κ3) is 3.90. The number of aromatic amines is 1. The number of hydrogen-bond acceptors (Lipinski definition) is 10. The Morgan fingerprint density at radius 3 is 2.81 bits per heavy atom. The molecule has 2 saturated heterocycles. The monoisotopic (exact) mass is 495 g/mol. The lowest BCUT2D eigenvalue weighted by atomic mass is 10.0. The molecule has 2 fully saturated rings. The lowest BCUT2D eigenvalue weighted by molar-refractivity contribution is -0.0556. The molecule has 2 aliphatic rings. The highest BCUT2D eigenvalue weighted by Gasteiger charge is 2.49. The molecule has 3 aromatic rings. The van der Waals surface area contributed by atoms with Crippen molar-refractivity contribution in [3.63, 3.8) is 0 Å². The van der Waals surface area contributed by atoms with Crippen molar-refractivity contribution in [1.82, 2.24) is 19.5 Å². The van der Waals surface area contributed by atoms with Crippen molar-refractivity contribution in [1.29, 1.82) is 0 Å². The molecule has 2 aliphatic heterocycles. The minimum Gasteiger partial charge on any atom is -0.386 e. The van der Waals surface area contributed by atoms with Gasteiger partial charge in [-0.1, -0.05) is 37.7 Å². The summed E-state index contributed by atoms with van der Waals surface area (Å²) in [6, 6.07) is 8.09. The Labute approximate surface area is 193 Å². The topological polar surface area (TPSA) is 138 Å². The largest absolute Gasteiger partial charge is 0.386 e. The van der Waals surface area contributed by atoms with E-state index >= 15 is 0 Å². The van der Waals surface area contributed by atoms with Gasteiger partial charge in [-0.3, -0.25) is 14.3 Å². The number of nitrogens with one attached hydrogen (secondary N) is 1. The Hall–Kier alpha value is -1.79. The first kappa shape index (κ1) is 22.0. The minimum absolute atomic E-state index is 0.0537. The number of anilines is 1. The molecule has 13 heteroatoms. The van der Waals surface area contributed by atoms with Crippen LogP contribution in [-0.2, 0) is 25.6 Å². The zero-order valence-corrected chi connectivity index (χ0v) is 19.9. The molecule has 0 spiro atoms. The number of benzene rings is 1. The van der Waals surface area contributed by atoms with E-state index < -0.39 is 37.2 Å². The fourth-order valence-electron chi connectivity index (χ4n) is 3.82. The van der Waals surface area contributed by atoms with Crippen molar-refractivity contribution in [3.8, 4) is 0 Å². The number of aromatic nitrogens is 4. The second-order valence-electron chi connectivity index (χ2n) is 7.91. The van der Waals surface area contributed by atoms with Crippen molar-refractivity contribution in [2.24, 2.45) is 0 Å². The molecule has 4 N–H and O–H groups in total.